The Morgan fingerprint density at radius 1 is 0.923 bits per heavy atom. The first-order valence-electron chi connectivity index (χ1n) is 7.84. The summed E-state index contributed by atoms with van der Waals surface area (Å²) in [5.41, 5.74) is 1.32. The van der Waals surface area contributed by atoms with Crippen LogP contribution < -0.4 is 4.90 Å². The molecule has 1 saturated heterocycles. The van der Waals surface area contributed by atoms with Gasteiger partial charge in [-0.1, -0.05) is 71.5 Å². The van der Waals surface area contributed by atoms with Gasteiger partial charge in [-0.05, 0) is 18.1 Å². The van der Waals surface area contributed by atoms with Crippen LogP contribution in [-0.2, 0) is 16.0 Å². The second kappa shape index (κ2) is 5.68. The highest BCUT2D eigenvalue weighted by Crippen LogP contribution is 2.77. The van der Waals surface area contributed by atoms with Crippen LogP contribution in [0.5, 0.6) is 0 Å². The van der Waals surface area contributed by atoms with E-state index < -0.39 is 37.7 Å². The molecule has 0 radical (unpaired) electrons. The Morgan fingerprint density at radius 2 is 1.38 bits per heavy atom. The summed E-state index contributed by atoms with van der Waals surface area (Å²) in [4.78, 5) is 24.1. The summed E-state index contributed by atoms with van der Waals surface area (Å²) < 4.78 is -1.91. The van der Waals surface area contributed by atoms with Gasteiger partial charge >= 0.3 is 0 Å². The molecule has 2 bridgehead atoms. The molecule has 1 aromatic carbocycles. The average molecular weight is 474 g/mol. The molecule has 1 heterocycles. The maximum absolute atomic E-state index is 13.3. The molecular weight excluding hydrogens is 463 g/mol. The molecular formula is C17H11Cl6NO2. The van der Waals surface area contributed by atoms with Gasteiger partial charge in [-0.2, -0.15) is 0 Å². The minimum atomic E-state index is -1.91. The topological polar surface area (TPSA) is 37.4 Å². The third-order valence-electron chi connectivity index (χ3n) is 5.52. The number of aryl methyl sites for hydroxylation is 1. The molecule has 138 valence electrons. The molecule has 1 aliphatic heterocycles. The fraction of sp³-hybridized carbons (Fsp3) is 0.412. The van der Waals surface area contributed by atoms with Crippen molar-refractivity contribution >= 4 is 87.1 Å². The van der Waals surface area contributed by atoms with Crippen LogP contribution in [0.2, 0.25) is 0 Å². The van der Waals surface area contributed by atoms with Gasteiger partial charge in [0, 0.05) is 0 Å². The van der Waals surface area contributed by atoms with E-state index >= 15 is 0 Å². The number of hydrogen-bond acceptors (Lipinski definition) is 2. The predicted molar refractivity (Wildman–Crippen MR) is 106 cm³/mol. The lowest BCUT2D eigenvalue weighted by Crippen LogP contribution is -2.50. The van der Waals surface area contributed by atoms with E-state index in [1.165, 1.54) is 0 Å². The number of halogens is 6. The molecule has 4 atom stereocenters. The first-order chi connectivity index (χ1) is 12.1. The lowest BCUT2D eigenvalue weighted by atomic mass is 9.84. The van der Waals surface area contributed by atoms with Gasteiger partial charge in [0.25, 0.3) is 0 Å². The molecule has 2 aliphatic carbocycles. The zero-order chi connectivity index (χ0) is 19.2. The van der Waals surface area contributed by atoms with Crippen molar-refractivity contribution in [3.8, 4) is 0 Å². The summed E-state index contributed by atoms with van der Waals surface area (Å²) in [5, 5.41) is -0.178. The van der Waals surface area contributed by atoms with Crippen LogP contribution in [0.3, 0.4) is 0 Å². The van der Waals surface area contributed by atoms with Crippen molar-refractivity contribution in [2.24, 2.45) is 11.8 Å². The highest BCUT2D eigenvalue weighted by atomic mass is 35.5. The summed E-state index contributed by atoms with van der Waals surface area (Å²) >= 11 is 38.9. The summed E-state index contributed by atoms with van der Waals surface area (Å²) in [6.07, 6.45) is 0.634. The van der Waals surface area contributed by atoms with Crippen molar-refractivity contribution in [3.63, 3.8) is 0 Å². The Balaban J connectivity index is 1.93. The number of allylic oxidation sites excluding steroid dienone is 2. The molecule has 0 N–H and O–H groups in total. The number of carbonyl (C=O) groups is 2. The van der Waals surface area contributed by atoms with E-state index in [9.17, 15) is 9.59 Å². The minimum absolute atomic E-state index is 0.0890. The molecule has 2 amide bonds. The van der Waals surface area contributed by atoms with E-state index in [0.717, 1.165) is 10.5 Å². The zero-order valence-corrected chi connectivity index (χ0v) is 17.7. The van der Waals surface area contributed by atoms with Gasteiger partial charge in [-0.3, -0.25) is 9.59 Å². The number of benzene rings is 1. The predicted octanol–water partition coefficient (Wildman–Crippen LogP) is 5.20. The minimum Gasteiger partial charge on any atom is -0.274 e. The van der Waals surface area contributed by atoms with E-state index in [1.807, 2.05) is 19.1 Å². The maximum Gasteiger partial charge on any atom is 0.240 e. The van der Waals surface area contributed by atoms with Gasteiger partial charge < -0.3 is 0 Å². The summed E-state index contributed by atoms with van der Waals surface area (Å²) in [6.45, 7) is 1.93. The highest BCUT2D eigenvalue weighted by Gasteiger charge is 2.87. The van der Waals surface area contributed by atoms with Crippen molar-refractivity contribution in [3.05, 3.63) is 39.9 Å². The first-order valence-corrected chi connectivity index (χ1v) is 10.1. The normalized spacial score (nSPS) is 37.7. The fourth-order valence-corrected chi connectivity index (χ4v) is 7.19. The van der Waals surface area contributed by atoms with Crippen molar-refractivity contribution < 1.29 is 9.59 Å². The lowest BCUT2D eigenvalue weighted by Gasteiger charge is -2.34. The van der Waals surface area contributed by atoms with Crippen molar-refractivity contribution in [2.75, 3.05) is 4.90 Å². The molecule has 1 saturated carbocycles. The van der Waals surface area contributed by atoms with Crippen LogP contribution in [0.1, 0.15) is 12.5 Å². The second-order valence-electron chi connectivity index (χ2n) is 6.58. The number of fused-ring (bicyclic) bond motifs is 5. The van der Waals surface area contributed by atoms with Crippen molar-refractivity contribution in [1.82, 2.24) is 0 Å². The maximum atomic E-state index is 13.3. The van der Waals surface area contributed by atoms with Crippen LogP contribution in [0.15, 0.2) is 34.3 Å². The third-order valence-corrected chi connectivity index (χ3v) is 9.78. The van der Waals surface area contributed by atoms with Crippen LogP contribution in [0.25, 0.3) is 0 Å². The molecule has 3 nitrogen and oxygen atoms in total. The summed E-state index contributed by atoms with van der Waals surface area (Å²) in [7, 11) is 0. The Hall–Kier alpha value is -0.160. The van der Waals surface area contributed by atoms with Crippen LogP contribution in [0, 0.1) is 11.8 Å². The fourth-order valence-electron chi connectivity index (χ4n) is 4.26. The summed E-state index contributed by atoms with van der Waals surface area (Å²) in [6, 6.07) is 7.12. The number of alkyl halides is 4. The van der Waals surface area contributed by atoms with Gasteiger partial charge in [0.2, 0.25) is 11.8 Å². The van der Waals surface area contributed by atoms with E-state index in [2.05, 4.69) is 0 Å². The van der Waals surface area contributed by atoms with Crippen LogP contribution >= 0.6 is 69.6 Å². The van der Waals surface area contributed by atoms with E-state index in [0.29, 0.717) is 12.1 Å². The zero-order valence-electron chi connectivity index (χ0n) is 13.2. The van der Waals surface area contributed by atoms with Gasteiger partial charge in [0.05, 0.1) is 27.6 Å². The van der Waals surface area contributed by atoms with E-state index in [4.69, 9.17) is 69.6 Å². The Morgan fingerprint density at radius 3 is 1.85 bits per heavy atom. The molecule has 26 heavy (non-hydrogen) atoms. The van der Waals surface area contributed by atoms with Crippen molar-refractivity contribution in [1.29, 1.82) is 0 Å². The largest absolute Gasteiger partial charge is 0.274 e. The number of anilines is 1. The number of rotatable bonds is 2. The smallest absolute Gasteiger partial charge is 0.240 e. The molecule has 0 unspecified atom stereocenters. The van der Waals surface area contributed by atoms with Gasteiger partial charge in [-0.25, -0.2) is 4.90 Å². The summed E-state index contributed by atoms with van der Waals surface area (Å²) in [5.74, 6) is -3.29. The van der Waals surface area contributed by atoms with Crippen LogP contribution in [-0.4, -0.2) is 25.9 Å². The molecule has 2 fully saturated rings. The Labute approximate surface area is 180 Å². The van der Waals surface area contributed by atoms with Gasteiger partial charge in [0.15, 0.2) is 4.33 Å². The molecule has 3 aliphatic rings. The highest BCUT2D eigenvalue weighted by molar-refractivity contribution is 6.67. The quantitative estimate of drug-likeness (QED) is 0.437. The molecule has 0 spiro atoms. The number of amides is 2. The SMILES string of the molecule is CCc1ccccc1N1C(=O)[C@@H]2[C@H](C1=O)[C@@]1(Cl)C(Cl)=C(Cl)[C@@]2(Cl)C1(Cl)Cl. The van der Waals surface area contributed by atoms with E-state index in [1.54, 1.807) is 12.1 Å². The average Bonchev–Trinajstić information content (AvgIpc) is 2.99. The first kappa shape index (κ1) is 19.2. The van der Waals surface area contributed by atoms with Crippen molar-refractivity contribution in [2.45, 2.75) is 27.4 Å². The van der Waals surface area contributed by atoms with Crippen LogP contribution in [0.4, 0.5) is 5.69 Å². The second-order valence-corrected chi connectivity index (χ2v) is 9.85. The third kappa shape index (κ3) is 1.81. The van der Waals surface area contributed by atoms with Gasteiger partial charge in [-0.15, -0.1) is 23.2 Å². The number of para-hydroxylation sites is 1. The van der Waals surface area contributed by atoms with E-state index in [-0.39, 0.29) is 10.1 Å². The Kier molecular flexibility index (Phi) is 4.19. The number of nitrogens with zero attached hydrogens (tertiary/aromatic N) is 1. The molecule has 9 heteroatoms. The van der Waals surface area contributed by atoms with Gasteiger partial charge in [0.1, 0.15) is 9.75 Å². The lowest BCUT2D eigenvalue weighted by molar-refractivity contribution is -0.123. The number of imide groups is 1. The monoisotopic (exact) mass is 471 g/mol. The number of carbonyl (C=O) groups excluding carboxylic acids is 2. The Bertz CT molecular complexity index is 853. The molecule has 0 aromatic heterocycles. The number of hydrogen-bond donors (Lipinski definition) is 0. The molecule has 1 aromatic rings. The standard InChI is InChI=1S/C17H11Cl6NO2/c1-2-7-5-3-4-6-8(7)24-13(25)9-10(14(24)26)16(21)12(19)11(18)15(9,20)17(16,22)23/h3-6,9-10H,2H2,1H3/t9-,10+,15-,16-/m1/s1. The molecule has 4 rings (SSSR count).